The fourth-order valence-electron chi connectivity index (χ4n) is 3.64. The predicted molar refractivity (Wildman–Crippen MR) is 136 cm³/mol. The second-order valence-electron chi connectivity index (χ2n) is 7.74. The summed E-state index contributed by atoms with van der Waals surface area (Å²) >= 11 is 0. The van der Waals surface area contributed by atoms with Crippen molar-refractivity contribution in [1.29, 1.82) is 0 Å². The Balaban J connectivity index is 1.73. The molecule has 0 saturated heterocycles. The third-order valence-corrected chi connectivity index (χ3v) is 5.55. The number of azo groups is 1. The van der Waals surface area contributed by atoms with E-state index in [0.717, 1.165) is 5.52 Å². The van der Waals surface area contributed by atoms with Gasteiger partial charge in [-0.3, -0.25) is 9.59 Å². The van der Waals surface area contributed by atoms with Crippen molar-refractivity contribution < 1.29 is 24.2 Å². The van der Waals surface area contributed by atoms with Gasteiger partial charge in [-0.15, -0.1) is 10.2 Å². The maximum atomic E-state index is 13.2. The molecule has 2 amide bonds. The lowest BCUT2D eigenvalue weighted by molar-refractivity contribution is -0.115. The van der Waals surface area contributed by atoms with Gasteiger partial charge < -0.3 is 24.5 Å². The SMILES string of the molecule is COc1ccc(/C=C(/NC(=O)c2ccccc2)C(=O)N=Nc2c(O)n(C)c3ccccc23)c(OC)c1. The Morgan fingerprint density at radius 3 is 2.42 bits per heavy atom. The number of rotatable bonds is 7. The van der Waals surface area contributed by atoms with Crippen molar-refractivity contribution in [2.75, 3.05) is 14.2 Å². The van der Waals surface area contributed by atoms with Gasteiger partial charge in [-0.2, -0.15) is 0 Å². The lowest BCUT2D eigenvalue weighted by Crippen LogP contribution is -2.26. The predicted octanol–water partition coefficient (Wildman–Crippen LogP) is 4.98. The van der Waals surface area contributed by atoms with Gasteiger partial charge in [0.05, 0.1) is 19.7 Å². The third-order valence-electron chi connectivity index (χ3n) is 5.55. The smallest absolute Gasteiger partial charge is 0.311 e. The Morgan fingerprint density at radius 1 is 0.972 bits per heavy atom. The molecule has 0 unspecified atom stereocenters. The topological polar surface area (TPSA) is 115 Å². The summed E-state index contributed by atoms with van der Waals surface area (Å²) in [5.41, 5.74) is 1.63. The van der Waals surface area contributed by atoms with Crippen LogP contribution in [0.3, 0.4) is 0 Å². The minimum atomic E-state index is -0.815. The zero-order valence-corrected chi connectivity index (χ0v) is 19.9. The molecule has 1 aromatic heterocycles. The molecule has 182 valence electrons. The number of hydrogen-bond acceptors (Lipinski definition) is 6. The van der Waals surface area contributed by atoms with Crippen molar-refractivity contribution in [3.63, 3.8) is 0 Å². The maximum Gasteiger partial charge on any atom is 0.311 e. The zero-order valence-electron chi connectivity index (χ0n) is 19.9. The van der Waals surface area contributed by atoms with Crippen LogP contribution in [0.2, 0.25) is 0 Å². The molecular weight excluding hydrogens is 460 g/mol. The number of benzene rings is 3. The van der Waals surface area contributed by atoms with E-state index in [2.05, 4.69) is 15.5 Å². The van der Waals surface area contributed by atoms with E-state index in [4.69, 9.17) is 9.47 Å². The number of nitrogens with zero attached hydrogens (tertiary/aromatic N) is 3. The molecule has 0 radical (unpaired) electrons. The molecule has 1 heterocycles. The molecule has 0 atom stereocenters. The number of carbonyl (C=O) groups is 2. The highest BCUT2D eigenvalue weighted by Gasteiger charge is 2.18. The van der Waals surface area contributed by atoms with Gasteiger partial charge in [-0.1, -0.05) is 36.4 Å². The van der Waals surface area contributed by atoms with Crippen molar-refractivity contribution in [1.82, 2.24) is 9.88 Å². The second kappa shape index (κ2) is 10.6. The van der Waals surface area contributed by atoms with Gasteiger partial charge >= 0.3 is 5.91 Å². The summed E-state index contributed by atoms with van der Waals surface area (Å²) in [7, 11) is 4.70. The molecule has 4 rings (SSSR count). The molecule has 4 aromatic rings. The molecule has 0 saturated carbocycles. The van der Waals surface area contributed by atoms with E-state index in [0.29, 0.717) is 28.0 Å². The largest absolute Gasteiger partial charge is 0.497 e. The van der Waals surface area contributed by atoms with Crippen molar-refractivity contribution in [3.05, 3.63) is 89.6 Å². The number of methoxy groups -OCH3 is 2. The molecule has 9 nitrogen and oxygen atoms in total. The molecule has 2 N–H and O–H groups in total. The average molecular weight is 485 g/mol. The molecule has 36 heavy (non-hydrogen) atoms. The monoisotopic (exact) mass is 484 g/mol. The van der Waals surface area contributed by atoms with Crippen LogP contribution in [0.15, 0.2) is 88.7 Å². The van der Waals surface area contributed by atoms with Crippen molar-refractivity contribution in [3.8, 4) is 17.4 Å². The molecule has 9 heteroatoms. The summed E-state index contributed by atoms with van der Waals surface area (Å²) in [6.45, 7) is 0. The van der Waals surface area contributed by atoms with Crippen LogP contribution in [-0.4, -0.2) is 35.7 Å². The van der Waals surface area contributed by atoms with Gasteiger partial charge in [0.25, 0.3) is 5.91 Å². The highest BCUT2D eigenvalue weighted by Crippen LogP contribution is 2.37. The number of hydrogen-bond donors (Lipinski definition) is 2. The zero-order chi connectivity index (χ0) is 25.7. The molecule has 3 aromatic carbocycles. The van der Waals surface area contributed by atoms with Gasteiger partial charge in [0.1, 0.15) is 17.2 Å². The highest BCUT2D eigenvalue weighted by molar-refractivity contribution is 6.06. The third kappa shape index (κ3) is 4.95. The van der Waals surface area contributed by atoms with Crippen molar-refractivity contribution in [2.45, 2.75) is 0 Å². The Labute approximate surface area is 207 Å². The van der Waals surface area contributed by atoms with Crippen LogP contribution >= 0.6 is 0 Å². The fraction of sp³-hybridized carbons (Fsp3) is 0.111. The molecule has 0 fully saturated rings. The van der Waals surface area contributed by atoms with Gasteiger partial charge in [0, 0.05) is 29.6 Å². The number of para-hydroxylation sites is 1. The minimum absolute atomic E-state index is 0.129. The van der Waals surface area contributed by atoms with E-state index in [1.807, 2.05) is 12.1 Å². The highest BCUT2D eigenvalue weighted by atomic mass is 16.5. The maximum absolute atomic E-state index is 13.2. The van der Waals surface area contributed by atoms with Crippen LogP contribution in [0.1, 0.15) is 15.9 Å². The first-order valence-corrected chi connectivity index (χ1v) is 11.0. The number of amides is 2. The van der Waals surface area contributed by atoms with E-state index in [1.165, 1.54) is 20.3 Å². The molecule has 0 spiro atoms. The summed E-state index contributed by atoms with van der Waals surface area (Å²) < 4.78 is 12.2. The lowest BCUT2D eigenvalue weighted by atomic mass is 10.1. The molecule has 0 aliphatic carbocycles. The molecule has 0 aliphatic heterocycles. The first kappa shape index (κ1) is 24.2. The summed E-state index contributed by atoms with van der Waals surface area (Å²) in [5, 5.41) is 21.6. The van der Waals surface area contributed by atoms with E-state index in [-0.39, 0.29) is 17.3 Å². The van der Waals surface area contributed by atoms with Gasteiger partial charge in [0.15, 0.2) is 5.69 Å². The van der Waals surface area contributed by atoms with Crippen LogP contribution in [0.25, 0.3) is 17.0 Å². The number of carbonyl (C=O) groups excluding carboxylic acids is 2. The van der Waals surface area contributed by atoms with Gasteiger partial charge in [-0.05, 0) is 36.4 Å². The normalized spacial score (nSPS) is 11.6. The number of aromatic hydroxyl groups is 1. The number of ether oxygens (including phenoxy) is 2. The first-order valence-electron chi connectivity index (χ1n) is 11.0. The quantitative estimate of drug-likeness (QED) is 0.284. The van der Waals surface area contributed by atoms with Crippen LogP contribution in [0.4, 0.5) is 5.69 Å². The lowest BCUT2D eigenvalue weighted by Gasteiger charge is -2.10. The minimum Gasteiger partial charge on any atom is -0.497 e. The Hall–Kier alpha value is -4.92. The fourth-order valence-corrected chi connectivity index (χ4v) is 3.64. The average Bonchev–Trinajstić information content (AvgIpc) is 3.16. The number of nitrogens with one attached hydrogen (secondary N) is 1. The number of aryl methyl sites for hydroxylation is 1. The van der Waals surface area contributed by atoms with Crippen LogP contribution in [0, 0.1) is 0 Å². The molecule has 0 bridgehead atoms. The standard InChI is InChI=1S/C27H24N4O5/c1-31-22-12-8-7-11-20(22)24(27(31)34)29-30-26(33)21(28-25(32)17-9-5-4-6-10-17)15-18-13-14-19(35-2)16-23(18)36-3/h4-16,34H,1-3H3,(H,28,32)/b21-15+,30-29?. The number of aromatic nitrogens is 1. The van der Waals surface area contributed by atoms with Crippen LogP contribution in [-0.2, 0) is 11.8 Å². The van der Waals surface area contributed by atoms with E-state index in [1.54, 1.807) is 72.3 Å². The number of fused-ring (bicyclic) bond motifs is 1. The van der Waals surface area contributed by atoms with Gasteiger partial charge in [-0.25, -0.2) is 0 Å². The summed E-state index contributed by atoms with van der Waals surface area (Å²) in [6, 6.07) is 20.7. The van der Waals surface area contributed by atoms with Crippen molar-refractivity contribution in [2.24, 2.45) is 17.3 Å². The Morgan fingerprint density at radius 2 is 1.69 bits per heavy atom. The summed E-state index contributed by atoms with van der Waals surface area (Å²) in [5.74, 6) is -0.452. The van der Waals surface area contributed by atoms with Crippen LogP contribution in [0.5, 0.6) is 17.4 Å². The molecule has 0 aliphatic rings. The van der Waals surface area contributed by atoms with Crippen LogP contribution < -0.4 is 14.8 Å². The van der Waals surface area contributed by atoms with E-state index in [9.17, 15) is 14.7 Å². The summed E-state index contributed by atoms with van der Waals surface area (Å²) in [4.78, 5) is 26.0. The van der Waals surface area contributed by atoms with E-state index >= 15 is 0 Å². The van der Waals surface area contributed by atoms with Crippen molar-refractivity contribution >= 4 is 34.5 Å². The van der Waals surface area contributed by atoms with Gasteiger partial charge in [0.2, 0.25) is 5.88 Å². The first-order chi connectivity index (χ1) is 17.4. The Bertz CT molecular complexity index is 1490. The second-order valence-corrected chi connectivity index (χ2v) is 7.74. The Kier molecular flexibility index (Phi) is 7.10. The summed E-state index contributed by atoms with van der Waals surface area (Å²) in [6.07, 6.45) is 1.45. The molecular formula is C27H24N4O5. The van der Waals surface area contributed by atoms with E-state index < -0.39 is 11.8 Å².